The first-order chi connectivity index (χ1) is 13.0. The Kier molecular flexibility index (Phi) is 4.88. The van der Waals surface area contributed by atoms with Gasteiger partial charge in [0.1, 0.15) is 11.0 Å². The lowest BCUT2D eigenvalue weighted by molar-refractivity contribution is 0.587. The average Bonchev–Trinajstić information content (AvgIpc) is 3.22. The Hall–Kier alpha value is -2.02. The molecule has 4 rings (SSSR count). The molecule has 0 saturated heterocycles. The van der Waals surface area contributed by atoms with Crippen LogP contribution in [-0.4, -0.2) is 20.2 Å². The molecule has 2 unspecified atom stereocenters. The summed E-state index contributed by atoms with van der Waals surface area (Å²) in [6.45, 7) is 1.87. The highest BCUT2D eigenvalue weighted by Gasteiger charge is 2.31. The first kappa shape index (κ1) is 18.3. The van der Waals surface area contributed by atoms with E-state index in [4.69, 9.17) is 11.6 Å². The second-order valence-corrected chi connectivity index (χ2v) is 8.34. The summed E-state index contributed by atoms with van der Waals surface area (Å²) in [6, 6.07) is 8.51. The number of benzene rings is 1. The Morgan fingerprint density at radius 2 is 2.15 bits per heavy atom. The SMILES string of the molecule is CNC1CCc2c1cn(S(=O)c1cc(C)cnc1Cl)c2-c1ccccc1F. The molecule has 0 aliphatic heterocycles. The standard InChI is InChI=1S/C20H19ClFN3OS/c1-12-9-18(20(21)24-10-12)27(26)25-11-15-13(7-8-17(15)23-2)19(25)14-5-3-4-6-16(14)22/h3-6,9-11,17,23H,7-8H2,1-2H3. The summed E-state index contributed by atoms with van der Waals surface area (Å²) in [7, 11) is 0.266. The lowest BCUT2D eigenvalue weighted by Gasteiger charge is -2.13. The molecule has 27 heavy (non-hydrogen) atoms. The van der Waals surface area contributed by atoms with Crippen LogP contribution in [0.5, 0.6) is 0 Å². The van der Waals surface area contributed by atoms with Crippen molar-refractivity contribution in [2.75, 3.05) is 7.05 Å². The van der Waals surface area contributed by atoms with Crippen molar-refractivity contribution in [2.24, 2.45) is 0 Å². The Bertz CT molecular complexity index is 1050. The van der Waals surface area contributed by atoms with Gasteiger partial charge < -0.3 is 5.32 Å². The van der Waals surface area contributed by atoms with Gasteiger partial charge >= 0.3 is 0 Å². The van der Waals surface area contributed by atoms with Gasteiger partial charge in [-0.15, -0.1) is 0 Å². The second-order valence-electron chi connectivity index (χ2n) is 6.65. The van der Waals surface area contributed by atoms with Crippen molar-refractivity contribution in [3.63, 3.8) is 0 Å². The maximum absolute atomic E-state index is 14.6. The van der Waals surface area contributed by atoms with Crippen molar-refractivity contribution in [2.45, 2.75) is 30.7 Å². The van der Waals surface area contributed by atoms with E-state index in [2.05, 4.69) is 10.3 Å². The molecule has 2 heterocycles. The van der Waals surface area contributed by atoms with Gasteiger partial charge in [-0.3, -0.25) is 3.97 Å². The van der Waals surface area contributed by atoms with Crippen LogP contribution in [0.4, 0.5) is 4.39 Å². The van der Waals surface area contributed by atoms with Crippen molar-refractivity contribution in [3.8, 4) is 11.3 Å². The maximum Gasteiger partial charge on any atom is 0.160 e. The Labute approximate surface area is 165 Å². The molecule has 2 atom stereocenters. The molecule has 4 nitrogen and oxygen atoms in total. The summed E-state index contributed by atoms with van der Waals surface area (Å²) in [6.07, 6.45) is 5.23. The maximum atomic E-state index is 14.6. The van der Waals surface area contributed by atoms with Crippen LogP contribution in [0.25, 0.3) is 11.3 Å². The van der Waals surface area contributed by atoms with Crippen LogP contribution in [0, 0.1) is 12.7 Å². The van der Waals surface area contributed by atoms with E-state index in [0.717, 1.165) is 29.5 Å². The molecule has 0 spiro atoms. The number of hydrogen-bond acceptors (Lipinski definition) is 3. The van der Waals surface area contributed by atoms with Gasteiger partial charge in [0.2, 0.25) is 0 Å². The third-order valence-corrected chi connectivity index (χ3v) is 6.70. The van der Waals surface area contributed by atoms with E-state index in [-0.39, 0.29) is 17.0 Å². The Balaban J connectivity index is 1.94. The molecule has 3 aromatic rings. The number of fused-ring (bicyclic) bond motifs is 1. The van der Waals surface area contributed by atoms with E-state index < -0.39 is 11.0 Å². The Morgan fingerprint density at radius 1 is 1.37 bits per heavy atom. The lowest BCUT2D eigenvalue weighted by atomic mass is 10.1. The van der Waals surface area contributed by atoms with Gasteiger partial charge in [0, 0.05) is 24.0 Å². The van der Waals surface area contributed by atoms with Crippen molar-refractivity contribution in [1.82, 2.24) is 14.3 Å². The minimum atomic E-state index is -1.64. The van der Waals surface area contributed by atoms with Crippen LogP contribution in [0.2, 0.25) is 5.15 Å². The third kappa shape index (κ3) is 3.12. The first-order valence-electron chi connectivity index (χ1n) is 8.72. The number of aryl methyl sites for hydroxylation is 1. The first-order valence-corrected chi connectivity index (χ1v) is 10.2. The molecule has 1 aliphatic rings. The fourth-order valence-corrected chi connectivity index (χ4v) is 5.25. The van der Waals surface area contributed by atoms with Crippen molar-refractivity contribution < 1.29 is 8.60 Å². The average molecular weight is 404 g/mol. The molecule has 1 aliphatic carbocycles. The quantitative estimate of drug-likeness (QED) is 0.655. The number of aromatic nitrogens is 2. The minimum Gasteiger partial charge on any atom is -0.313 e. The van der Waals surface area contributed by atoms with Gasteiger partial charge in [0.15, 0.2) is 11.0 Å². The van der Waals surface area contributed by atoms with E-state index in [0.29, 0.717) is 16.2 Å². The smallest absolute Gasteiger partial charge is 0.160 e. The molecule has 0 amide bonds. The Morgan fingerprint density at radius 3 is 2.89 bits per heavy atom. The van der Waals surface area contributed by atoms with Gasteiger partial charge in [-0.25, -0.2) is 13.6 Å². The van der Waals surface area contributed by atoms with Crippen LogP contribution in [-0.2, 0) is 17.4 Å². The molecule has 140 valence electrons. The van der Waals surface area contributed by atoms with Crippen molar-refractivity contribution in [3.05, 3.63) is 70.4 Å². The van der Waals surface area contributed by atoms with Gasteiger partial charge in [0.25, 0.3) is 0 Å². The molecule has 0 radical (unpaired) electrons. The zero-order chi connectivity index (χ0) is 19.1. The summed E-state index contributed by atoms with van der Waals surface area (Å²) >= 11 is 6.22. The normalized spacial score (nSPS) is 17.1. The van der Waals surface area contributed by atoms with Gasteiger partial charge in [0.05, 0.1) is 10.6 Å². The number of nitrogens with one attached hydrogen (secondary N) is 1. The lowest BCUT2D eigenvalue weighted by Crippen LogP contribution is -2.13. The van der Waals surface area contributed by atoms with Gasteiger partial charge in [-0.2, -0.15) is 0 Å². The molecule has 0 bridgehead atoms. The summed E-state index contributed by atoms with van der Waals surface area (Å²) < 4.78 is 29.7. The summed E-state index contributed by atoms with van der Waals surface area (Å²) in [5.74, 6) is -0.335. The molecule has 0 saturated carbocycles. The van der Waals surface area contributed by atoms with Crippen molar-refractivity contribution >= 4 is 22.6 Å². The molecule has 7 heteroatoms. The van der Waals surface area contributed by atoms with Crippen LogP contribution in [0.1, 0.15) is 29.2 Å². The number of hydrogen-bond donors (Lipinski definition) is 1. The number of rotatable bonds is 4. The van der Waals surface area contributed by atoms with E-state index in [1.807, 2.05) is 20.2 Å². The minimum absolute atomic E-state index is 0.162. The van der Waals surface area contributed by atoms with Crippen LogP contribution < -0.4 is 5.32 Å². The van der Waals surface area contributed by atoms with Gasteiger partial charge in [-0.1, -0.05) is 23.7 Å². The van der Waals surface area contributed by atoms with Crippen LogP contribution in [0.3, 0.4) is 0 Å². The topological polar surface area (TPSA) is 46.9 Å². The zero-order valence-electron chi connectivity index (χ0n) is 15.0. The van der Waals surface area contributed by atoms with E-state index in [1.165, 1.54) is 6.07 Å². The predicted molar refractivity (Wildman–Crippen MR) is 106 cm³/mol. The molecule has 2 aromatic heterocycles. The highest BCUT2D eigenvalue weighted by Crippen LogP contribution is 2.41. The molecule has 1 N–H and O–H groups in total. The predicted octanol–water partition coefficient (Wildman–Crippen LogP) is 4.43. The van der Waals surface area contributed by atoms with Crippen LogP contribution in [0.15, 0.2) is 47.6 Å². The summed E-state index contributed by atoms with van der Waals surface area (Å²) in [5.41, 5.74) is 4.05. The third-order valence-electron chi connectivity index (χ3n) is 4.96. The fourth-order valence-electron chi connectivity index (χ4n) is 3.67. The molecular formula is C20H19ClFN3OS. The van der Waals surface area contributed by atoms with Gasteiger partial charge in [-0.05, 0) is 61.7 Å². The largest absolute Gasteiger partial charge is 0.313 e. The molecule has 1 aromatic carbocycles. The molecule has 0 fully saturated rings. The monoisotopic (exact) mass is 403 g/mol. The number of nitrogens with zero attached hydrogens (tertiary/aromatic N) is 2. The number of pyridine rings is 1. The van der Waals surface area contributed by atoms with E-state index >= 15 is 0 Å². The summed E-state index contributed by atoms with van der Waals surface area (Å²) in [4.78, 5) is 4.53. The fraction of sp³-hybridized carbons (Fsp3) is 0.250. The second kappa shape index (κ2) is 7.19. The van der Waals surface area contributed by atoms with Crippen molar-refractivity contribution in [1.29, 1.82) is 0 Å². The van der Waals surface area contributed by atoms with E-state index in [1.54, 1.807) is 34.4 Å². The van der Waals surface area contributed by atoms with E-state index in [9.17, 15) is 8.60 Å². The highest BCUT2D eigenvalue weighted by molar-refractivity contribution is 7.83. The highest BCUT2D eigenvalue weighted by atomic mass is 35.5. The zero-order valence-corrected chi connectivity index (χ0v) is 16.6. The number of halogens is 2. The molecular weight excluding hydrogens is 385 g/mol. The van der Waals surface area contributed by atoms with Crippen LogP contribution >= 0.6 is 11.6 Å². The summed E-state index contributed by atoms with van der Waals surface area (Å²) in [5, 5.41) is 3.47.